The Balaban J connectivity index is 2.11. The fourth-order valence-corrected chi connectivity index (χ4v) is 2.86. The molecule has 0 fully saturated rings. The first-order chi connectivity index (χ1) is 12.2. The Morgan fingerprint density at radius 3 is 2.56 bits per heavy atom. The Morgan fingerprint density at radius 2 is 1.88 bits per heavy atom. The summed E-state index contributed by atoms with van der Waals surface area (Å²) in [6.07, 6.45) is 4.73. The van der Waals surface area contributed by atoms with E-state index in [-0.39, 0.29) is 11.8 Å². The third-order valence-electron chi connectivity index (χ3n) is 4.15. The number of hydrogen-bond acceptors (Lipinski definition) is 3. The van der Waals surface area contributed by atoms with Crippen LogP contribution in [0, 0.1) is 0 Å². The van der Waals surface area contributed by atoms with E-state index in [2.05, 4.69) is 6.92 Å². The third kappa shape index (κ3) is 3.20. The molecule has 2 amide bonds. The first-order valence-electron chi connectivity index (χ1n) is 8.56. The van der Waals surface area contributed by atoms with Gasteiger partial charge in [0.1, 0.15) is 0 Å². The summed E-state index contributed by atoms with van der Waals surface area (Å²) in [6.45, 7) is 3.93. The van der Waals surface area contributed by atoms with E-state index < -0.39 is 6.10 Å². The van der Waals surface area contributed by atoms with Crippen LogP contribution >= 0.6 is 0 Å². The van der Waals surface area contributed by atoms with E-state index in [1.165, 1.54) is 4.90 Å². The number of anilines is 1. The Kier molecular flexibility index (Phi) is 4.98. The van der Waals surface area contributed by atoms with Gasteiger partial charge in [0, 0.05) is 11.1 Å². The molecule has 3 rings (SSSR count). The SMILES string of the molecule is CC/C=C/c1cccc2c1OC(CC)C(=O)N2C(=O)c1ccccc1. The Labute approximate surface area is 147 Å². The number of ether oxygens (including phenoxy) is 1. The Morgan fingerprint density at radius 1 is 1.12 bits per heavy atom. The van der Waals surface area contributed by atoms with E-state index in [4.69, 9.17) is 4.74 Å². The molecule has 0 saturated carbocycles. The van der Waals surface area contributed by atoms with Gasteiger partial charge in [-0.15, -0.1) is 0 Å². The van der Waals surface area contributed by atoms with Gasteiger partial charge in [0.05, 0.1) is 5.69 Å². The summed E-state index contributed by atoms with van der Waals surface area (Å²) in [5.41, 5.74) is 1.85. The summed E-state index contributed by atoms with van der Waals surface area (Å²) in [6, 6.07) is 14.4. The first-order valence-corrected chi connectivity index (χ1v) is 8.56. The molecule has 1 aliphatic heterocycles. The van der Waals surface area contributed by atoms with Gasteiger partial charge in [-0.1, -0.05) is 56.3 Å². The highest BCUT2D eigenvalue weighted by Crippen LogP contribution is 2.39. The Hall–Kier alpha value is -2.88. The highest BCUT2D eigenvalue weighted by Gasteiger charge is 2.38. The predicted molar refractivity (Wildman–Crippen MR) is 98.7 cm³/mol. The van der Waals surface area contributed by atoms with E-state index in [0.29, 0.717) is 23.4 Å². The van der Waals surface area contributed by atoms with Crippen LogP contribution in [-0.2, 0) is 4.79 Å². The normalized spacial score (nSPS) is 16.6. The summed E-state index contributed by atoms with van der Waals surface area (Å²) in [5, 5.41) is 0. The standard InChI is InChI=1S/C21H21NO3/c1-3-5-10-15-13-9-14-17-19(15)25-18(4-2)21(24)22(17)20(23)16-11-7-6-8-12-16/h5-14,18H,3-4H2,1-2H3/b10-5+. The van der Waals surface area contributed by atoms with Crippen molar-refractivity contribution < 1.29 is 14.3 Å². The molecule has 4 heteroatoms. The number of rotatable bonds is 4. The number of benzene rings is 2. The molecule has 4 nitrogen and oxygen atoms in total. The lowest BCUT2D eigenvalue weighted by Crippen LogP contribution is -2.48. The van der Waals surface area contributed by atoms with Crippen molar-refractivity contribution in [2.75, 3.05) is 4.90 Å². The van der Waals surface area contributed by atoms with Crippen LogP contribution < -0.4 is 9.64 Å². The minimum absolute atomic E-state index is 0.319. The van der Waals surface area contributed by atoms with Crippen molar-refractivity contribution in [3.63, 3.8) is 0 Å². The van der Waals surface area contributed by atoms with Gasteiger partial charge in [0.15, 0.2) is 11.9 Å². The van der Waals surface area contributed by atoms with E-state index in [1.807, 2.05) is 37.3 Å². The summed E-state index contributed by atoms with van der Waals surface area (Å²) in [5.74, 6) is -0.0615. The van der Waals surface area contributed by atoms with Crippen LogP contribution in [-0.4, -0.2) is 17.9 Å². The Bertz CT molecular complexity index is 811. The fraction of sp³-hybridized carbons (Fsp3) is 0.238. The molecule has 1 heterocycles. The average Bonchev–Trinajstić information content (AvgIpc) is 2.66. The summed E-state index contributed by atoms with van der Waals surface area (Å²) < 4.78 is 5.94. The van der Waals surface area contributed by atoms with Gasteiger partial charge in [0.2, 0.25) is 0 Å². The number of amides is 2. The number of carbonyl (C=O) groups is 2. The minimum Gasteiger partial charge on any atom is -0.478 e. The van der Waals surface area contributed by atoms with Gasteiger partial charge in [-0.25, -0.2) is 4.90 Å². The molecular weight excluding hydrogens is 314 g/mol. The number of allylic oxidation sites excluding steroid dienone is 1. The molecule has 25 heavy (non-hydrogen) atoms. The summed E-state index contributed by atoms with van der Waals surface area (Å²) >= 11 is 0. The molecule has 2 aromatic carbocycles. The molecule has 0 bridgehead atoms. The van der Waals surface area contributed by atoms with Crippen LogP contribution in [0.15, 0.2) is 54.6 Å². The number of para-hydroxylation sites is 1. The smallest absolute Gasteiger partial charge is 0.275 e. The maximum absolute atomic E-state index is 13.0. The molecular formula is C21H21NO3. The van der Waals surface area contributed by atoms with E-state index in [0.717, 1.165) is 12.0 Å². The molecule has 0 aliphatic carbocycles. The van der Waals surface area contributed by atoms with Crippen LogP contribution in [0.5, 0.6) is 5.75 Å². The fourth-order valence-electron chi connectivity index (χ4n) is 2.86. The van der Waals surface area contributed by atoms with Gasteiger partial charge in [-0.2, -0.15) is 0 Å². The average molecular weight is 335 g/mol. The molecule has 0 radical (unpaired) electrons. The molecule has 0 aromatic heterocycles. The zero-order chi connectivity index (χ0) is 17.8. The van der Waals surface area contributed by atoms with Crippen molar-refractivity contribution in [3.8, 4) is 5.75 Å². The molecule has 0 spiro atoms. The number of imide groups is 1. The quantitative estimate of drug-likeness (QED) is 0.775. The second kappa shape index (κ2) is 7.34. The van der Waals surface area contributed by atoms with Gasteiger partial charge in [-0.05, 0) is 31.0 Å². The van der Waals surface area contributed by atoms with E-state index in [1.54, 1.807) is 30.3 Å². The van der Waals surface area contributed by atoms with Crippen molar-refractivity contribution in [1.29, 1.82) is 0 Å². The maximum Gasteiger partial charge on any atom is 0.275 e. The lowest BCUT2D eigenvalue weighted by atomic mass is 10.1. The van der Waals surface area contributed by atoms with Crippen LogP contribution in [0.4, 0.5) is 5.69 Å². The lowest BCUT2D eigenvalue weighted by Gasteiger charge is -2.33. The maximum atomic E-state index is 13.0. The lowest BCUT2D eigenvalue weighted by molar-refractivity contribution is -0.125. The van der Waals surface area contributed by atoms with Crippen molar-refractivity contribution in [1.82, 2.24) is 0 Å². The molecule has 0 N–H and O–H groups in total. The molecule has 1 atom stereocenters. The van der Waals surface area contributed by atoms with Crippen molar-refractivity contribution in [2.24, 2.45) is 0 Å². The number of nitrogens with zero attached hydrogens (tertiary/aromatic N) is 1. The zero-order valence-electron chi connectivity index (χ0n) is 14.4. The second-order valence-electron chi connectivity index (χ2n) is 5.87. The highest BCUT2D eigenvalue weighted by molar-refractivity contribution is 6.23. The molecule has 2 aromatic rings. The van der Waals surface area contributed by atoms with E-state index >= 15 is 0 Å². The van der Waals surface area contributed by atoms with Gasteiger partial charge < -0.3 is 4.74 Å². The van der Waals surface area contributed by atoms with Crippen molar-refractivity contribution >= 4 is 23.6 Å². The van der Waals surface area contributed by atoms with Crippen molar-refractivity contribution in [3.05, 3.63) is 65.7 Å². The van der Waals surface area contributed by atoms with Crippen LogP contribution in [0.1, 0.15) is 42.6 Å². The van der Waals surface area contributed by atoms with Gasteiger partial charge >= 0.3 is 0 Å². The number of carbonyl (C=O) groups excluding carboxylic acids is 2. The summed E-state index contributed by atoms with van der Waals surface area (Å²) in [7, 11) is 0. The molecule has 1 aliphatic rings. The van der Waals surface area contributed by atoms with E-state index in [9.17, 15) is 9.59 Å². The largest absolute Gasteiger partial charge is 0.478 e. The first kappa shape index (κ1) is 17.0. The summed E-state index contributed by atoms with van der Waals surface area (Å²) in [4.78, 5) is 27.1. The number of fused-ring (bicyclic) bond motifs is 1. The number of hydrogen-bond donors (Lipinski definition) is 0. The molecule has 128 valence electrons. The monoisotopic (exact) mass is 335 g/mol. The van der Waals surface area contributed by atoms with Crippen LogP contribution in [0.25, 0.3) is 6.08 Å². The predicted octanol–water partition coefficient (Wildman–Crippen LogP) is 4.45. The van der Waals surface area contributed by atoms with Crippen LogP contribution in [0.2, 0.25) is 0 Å². The van der Waals surface area contributed by atoms with Crippen molar-refractivity contribution in [2.45, 2.75) is 32.8 Å². The topological polar surface area (TPSA) is 46.6 Å². The van der Waals surface area contributed by atoms with Gasteiger partial charge in [0.25, 0.3) is 11.8 Å². The van der Waals surface area contributed by atoms with Gasteiger partial charge in [-0.3, -0.25) is 9.59 Å². The zero-order valence-corrected chi connectivity index (χ0v) is 14.4. The highest BCUT2D eigenvalue weighted by atomic mass is 16.5. The third-order valence-corrected chi connectivity index (χ3v) is 4.15. The second-order valence-corrected chi connectivity index (χ2v) is 5.87. The molecule has 0 saturated heterocycles. The minimum atomic E-state index is -0.656. The van der Waals surface area contributed by atoms with Crippen LogP contribution in [0.3, 0.4) is 0 Å². The molecule has 1 unspecified atom stereocenters.